The number of rotatable bonds is 6. The van der Waals surface area contributed by atoms with Crippen molar-refractivity contribution in [2.45, 2.75) is 51.5 Å². The molecular weight excluding hydrogens is 236 g/mol. The molecule has 2 N–H and O–H groups in total. The van der Waals surface area contributed by atoms with E-state index in [0.29, 0.717) is 5.92 Å². The Hall–Kier alpha value is -0.870. The molecule has 0 radical (unpaired) electrons. The second-order valence-corrected chi connectivity index (χ2v) is 5.85. The monoisotopic (exact) mass is 264 g/mol. The van der Waals surface area contributed by atoms with Crippen LogP contribution in [0.5, 0.6) is 0 Å². The molecule has 1 aromatic rings. The lowest BCUT2D eigenvalue weighted by Gasteiger charge is -2.24. The molecule has 1 unspecified atom stereocenters. The van der Waals surface area contributed by atoms with E-state index in [-0.39, 0.29) is 0 Å². The number of nitrogens with zero attached hydrogens (tertiary/aromatic N) is 3. The van der Waals surface area contributed by atoms with Gasteiger partial charge in [-0.2, -0.15) is 5.10 Å². The lowest BCUT2D eigenvalue weighted by atomic mass is 9.82. The molecule has 1 aromatic heterocycles. The van der Waals surface area contributed by atoms with Crippen molar-refractivity contribution in [2.24, 2.45) is 5.73 Å². The van der Waals surface area contributed by atoms with E-state index in [1.54, 1.807) is 0 Å². The lowest BCUT2D eigenvalue weighted by molar-refractivity contribution is 0.366. The number of likely N-dealkylation sites (N-methyl/N-ethyl adjacent to an activating group) is 1. The Morgan fingerprint density at radius 3 is 2.84 bits per heavy atom. The third-order valence-electron chi connectivity index (χ3n) is 4.16. The molecule has 2 rings (SSSR count). The first kappa shape index (κ1) is 14.5. The summed E-state index contributed by atoms with van der Waals surface area (Å²) in [7, 11) is 4.24. The maximum absolute atomic E-state index is 5.78. The quantitative estimate of drug-likeness (QED) is 0.852. The third kappa shape index (κ3) is 3.18. The van der Waals surface area contributed by atoms with Crippen LogP contribution in [0.3, 0.4) is 0 Å². The standard InChI is InChI=1S/C15H28N4/c1-4-13-15-12(8-9-16)6-5-7-14(15)19(17-13)11-10-18(2)3/h12H,4-11,16H2,1-3H3. The van der Waals surface area contributed by atoms with E-state index in [9.17, 15) is 0 Å². The molecule has 0 spiro atoms. The minimum Gasteiger partial charge on any atom is -0.330 e. The van der Waals surface area contributed by atoms with Gasteiger partial charge in [0.05, 0.1) is 12.2 Å². The molecule has 0 saturated heterocycles. The number of hydrogen-bond acceptors (Lipinski definition) is 3. The van der Waals surface area contributed by atoms with Gasteiger partial charge in [0.2, 0.25) is 0 Å². The van der Waals surface area contributed by atoms with E-state index in [1.807, 2.05) is 0 Å². The maximum atomic E-state index is 5.78. The van der Waals surface area contributed by atoms with Crippen LogP contribution < -0.4 is 5.73 Å². The van der Waals surface area contributed by atoms with Gasteiger partial charge < -0.3 is 10.6 Å². The molecule has 1 heterocycles. The lowest BCUT2D eigenvalue weighted by Crippen LogP contribution is -2.21. The fourth-order valence-corrected chi connectivity index (χ4v) is 3.19. The number of aryl methyl sites for hydroxylation is 1. The van der Waals surface area contributed by atoms with Gasteiger partial charge in [0.1, 0.15) is 0 Å². The minimum absolute atomic E-state index is 0.650. The van der Waals surface area contributed by atoms with Gasteiger partial charge in [0.15, 0.2) is 0 Å². The zero-order valence-corrected chi connectivity index (χ0v) is 12.7. The molecule has 0 aromatic carbocycles. The first-order valence-corrected chi connectivity index (χ1v) is 7.60. The van der Waals surface area contributed by atoms with Crippen LogP contribution in [0.1, 0.15) is 49.1 Å². The topological polar surface area (TPSA) is 47.1 Å². The largest absolute Gasteiger partial charge is 0.330 e. The van der Waals surface area contributed by atoms with Crippen molar-refractivity contribution in [3.05, 3.63) is 17.0 Å². The molecule has 0 bridgehead atoms. The Balaban J connectivity index is 2.27. The normalized spacial score (nSPS) is 18.9. The summed E-state index contributed by atoms with van der Waals surface area (Å²) >= 11 is 0. The molecule has 1 aliphatic carbocycles. The van der Waals surface area contributed by atoms with E-state index in [0.717, 1.165) is 32.5 Å². The fourth-order valence-electron chi connectivity index (χ4n) is 3.19. The summed E-state index contributed by atoms with van der Waals surface area (Å²) in [5.74, 6) is 0.650. The van der Waals surface area contributed by atoms with Gasteiger partial charge in [-0.3, -0.25) is 4.68 Å². The van der Waals surface area contributed by atoms with E-state index >= 15 is 0 Å². The van der Waals surface area contributed by atoms with Crippen molar-refractivity contribution in [2.75, 3.05) is 27.2 Å². The molecule has 0 saturated carbocycles. The number of hydrogen-bond donors (Lipinski definition) is 1. The summed E-state index contributed by atoms with van der Waals surface area (Å²) in [5.41, 5.74) is 10.1. The molecule has 4 nitrogen and oxygen atoms in total. The SMILES string of the molecule is CCc1nn(CCN(C)C)c2c1C(CCN)CCC2. The fraction of sp³-hybridized carbons (Fsp3) is 0.800. The highest BCUT2D eigenvalue weighted by Crippen LogP contribution is 2.36. The number of nitrogens with two attached hydrogens (primary N) is 1. The first-order chi connectivity index (χ1) is 9.17. The highest BCUT2D eigenvalue weighted by Gasteiger charge is 2.27. The molecule has 1 atom stereocenters. The maximum Gasteiger partial charge on any atom is 0.0659 e. The van der Waals surface area contributed by atoms with Gasteiger partial charge in [-0.05, 0) is 64.2 Å². The van der Waals surface area contributed by atoms with Crippen molar-refractivity contribution in [3.63, 3.8) is 0 Å². The van der Waals surface area contributed by atoms with E-state index < -0.39 is 0 Å². The van der Waals surface area contributed by atoms with Crippen molar-refractivity contribution in [1.82, 2.24) is 14.7 Å². The zero-order chi connectivity index (χ0) is 13.8. The van der Waals surface area contributed by atoms with Gasteiger partial charge in [-0.15, -0.1) is 0 Å². The molecule has 0 aliphatic heterocycles. The van der Waals surface area contributed by atoms with Crippen molar-refractivity contribution < 1.29 is 0 Å². The van der Waals surface area contributed by atoms with Gasteiger partial charge in [-0.25, -0.2) is 0 Å². The van der Waals surface area contributed by atoms with Crippen LogP contribution in [-0.4, -0.2) is 41.9 Å². The Morgan fingerprint density at radius 1 is 1.42 bits per heavy atom. The number of fused-ring (bicyclic) bond motifs is 1. The molecule has 0 fully saturated rings. The third-order valence-corrected chi connectivity index (χ3v) is 4.16. The van der Waals surface area contributed by atoms with Crippen molar-refractivity contribution in [3.8, 4) is 0 Å². The molecule has 0 amide bonds. The average Bonchev–Trinajstić information content (AvgIpc) is 2.76. The Kier molecular flexibility index (Phi) is 4.99. The summed E-state index contributed by atoms with van der Waals surface area (Å²) in [5, 5.41) is 4.86. The number of aromatic nitrogens is 2. The van der Waals surface area contributed by atoms with Crippen LogP contribution in [0.4, 0.5) is 0 Å². The molecule has 4 heteroatoms. The predicted octanol–water partition coefficient (Wildman–Crippen LogP) is 1.78. The van der Waals surface area contributed by atoms with Gasteiger partial charge in [0, 0.05) is 12.2 Å². The van der Waals surface area contributed by atoms with Crippen molar-refractivity contribution >= 4 is 0 Å². The van der Waals surface area contributed by atoms with E-state index in [1.165, 1.54) is 36.2 Å². The van der Waals surface area contributed by atoms with Gasteiger partial charge in [0.25, 0.3) is 0 Å². The van der Waals surface area contributed by atoms with Crippen LogP contribution in [0.25, 0.3) is 0 Å². The van der Waals surface area contributed by atoms with Gasteiger partial charge >= 0.3 is 0 Å². The summed E-state index contributed by atoms with van der Waals surface area (Å²) in [6.07, 6.45) is 5.92. The zero-order valence-electron chi connectivity index (χ0n) is 12.7. The predicted molar refractivity (Wildman–Crippen MR) is 79.5 cm³/mol. The van der Waals surface area contributed by atoms with Gasteiger partial charge in [-0.1, -0.05) is 6.92 Å². The average molecular weight is 264 g/mol. The summed E-state index contributed by atoms with van der Waals surface area (Å²) in [6, 6.07) is 0. The first-order valence-electron chi connectivity index (χ1n) is 7.60. The second kappa shape index (κ2) is 6.53. The van der Waals surface area contributed by atoms with Crippen LogP contribution in [0.2, 0.25) is 0 Å². The van der Waals surface area contributed by atoms with E-state index in [2.05, 4.69) is 30.6 Å². The molecular formula is C15H28N4. The van der Waals surface area contributed by atoms with E-state index in [4.69, 9.17) is 10.8 Å². The highest BCUT2D eigenvalue weighted by atomic mass is 15.3. The van der Waals surface area contributed by atoms with Crippen LogP contribution in [0.15, 0.2) is 0 Å². The minimum atomic E-state index is 0.650. The molecule has 1 aliphatic rings. The van der Waals surface area contributed by atoms with Crippen LogP contribution in [-0.2, 0) is 19.4 Å². The smallest absolute Gasteiger partial charge is 0.0659 e. The van der Waals surface area contributed by atoms with Crippen LogP contribution >= 0.6 is 0 Å². The Morgan fingerprint density at radius 2 is 2.21 bits per heavy atom. The highest BCUT2D eigenvalue weighted by molar-refractivity contribution is 5.33. The molecule has 108 valence electrons. The summed E-state index contributed by atoms with van der Waals surface area (Å²) in [6.45, 7) is 5.06. The van der Waals surface area contributed by atoms with Crippen molar-refractivity contribution in [1.29, 1.82) is 0 Å². The van der Waals surface area contributed by atoms with Crippen LogP contribution in [0, 0.1) is 0 Å². The summed E-state index contributed by atoms with van der Waals surface area (Å²) < 4.78 is 2.26. The molecule has 19 heavy (non-hydrogen) atoms. The Bertz CT molecular complexity index is 409. The Labute approximate surface area is 117 Å². The second-order valence-electron chi connectivity index (χ2n) is 5.85. The summed E-state index contributed by atoms with van der Waals surface area (Å²) in [4.78, 5) is 2.22.